The fourth-order valence-corrected chi connectivity index (χ4v) is 1.30. The van der Waals surface area contributed by atoms with E-state index in [1.165, 1.54) is 12.1 Å². The first-order valence-corrected chi connectivity index (χ1v) is 5.83. The first-order valence-electron chi connectivity index (χ1n) is 5.83. The first-order chi connectivity index (χ1) is 8.37. The largest absolute Gasteiger partial charge is 0.443 e. The van der Waals surface area contributed by atoms with Crippen molar-refractivity contribution in [3.05, 3.63) is 35.6 Å². The van der Waals surface area contributed by atoms with E-state index in [9.17, 15) is 9.18 Å². The normalized spacial score (nSPS) is 11.1. The zero-order valence-electron chi connectivity index (χ0n) is 10.9. The molecule has 0 aliphatic rings. The molecule has 0 aliphatic carbocycles. The fraction of sp³-hybridized carbons (Fsp3) is 0.462. The molecule has 0 saturated carbocycles. The zero-order valence-corrected chi connectivity index (χ0v) is 10.9. The van der Waals surface area contributed by atoms with Crippen molar-refractivity contribution in [3.63, 3.8) is 0 Å². The molecule has 0 fully saturated rings. The van der Waals surface area contributed by atoms with Crippen molar-refractivity contribution in [2.24, 2.45) is 0 Å². The molecule has 0 aromatic heterocycles. The number of carbonyl (C=O) groups excluding carboxylic acids is 1. The summed E-state index contributed by atoms with van der Waals surface area (Å²) in [6, 6.07) is 6.25. The van der Waals surface area contributed by atoms with Crippen LogP contribution in [0.3, 0.4) is 0 Å². The lowest BCUT2D eigenvalue weighted by Crippen LogP contribution is -2.41. The van der Waals surface area contributed by atoms with Crippen LogP contribution in [-0.2, 0) is 11.2 Å². The van der Waals surface area contributed by atoms with E-state index in [1.807, 2.05) is 0 Å². The van der Waals surface area contributed by atoms with Crippen molar-refractivity contribution in [1.29, 1.82) is 0 Å². The molecule has 0 saturated heterocycles. The van der Waals surface area contributed by atoms with Gasteiger partial charge in [0, 0.05) is 6.54 Å². The van der Waals surface area contributed by atoms with Crippen LogP contribution in [-0.4, -0.2) is 18.2 Å². The van der Waals surface area contributed by atoms with Crippen molar-refractivity contribution in [3.8, 4) is 0 Å². The van der Waals surface area contributed by atoms with Gasteiger partial charge in [-0.1, -0.05) is 12.1 Å². The van der Waals surface area contributed by atoms with Gasteiger partial charge in [-0.15, -0.1) is 0 Å². The van der Waals surface area contributed by atoms with Crippen LogP contribution in [0.1, 0.15) is 26.3 Å². The van der Waals surface area contributed by atoms with Crippen LogP contribution in [0.4, 0.5) is 9.18 Å². The first kappa shape index (κ1) is 14.4. The lowest BCUT2D eigenvalue weighted by Gasteiger charge is -2.19. The van der Waals surface area contributed by atoms with E-state index in [0.29, 0.717) is 13.0 Å². The zero-order chi connectivity index (χ0) is 13.6. The van der Waals surface area contributed by atoms with Crippen LogP contribution in [0.5, 0.6) is 0 Å². The molecular formula is C13H19FN2O2. The van der Waals surface area contributed by atoms with Crippen LogP contribution in [0.25, 0.3) is 0 Å². The van der Waals surface area contributed by atoms with Gasteiger partial charge >= 0.3 is 6.09 Å². The third-order valence-electron chi connectivity index (χ3n) is 2.04. The summed E-state index contributed by atoms with van der Waals surface area (Å²) >= 11 is 0. The predicted molar refractivity (Wildman–Crippen MR) is 67.5 cm³/mol. The Hall–Kier alpha value is -1.62. The van der Waals surface area contributed by atoms with Gasteiger partial charge in [0.25, 0.3) is 0 Å². The standard InChI is InChI=1S/C13H19FN2O2/c1-13(2,3)18-12(17)16-15-9-8-10-4-6-11(14)7-5-10/h4-7,15H,8-9H2,1-3H3,(H,16,17). The van der Waals surface area contributed by atoms with Gasteiger partial charge in [-0.3, -0.25) is 5.43 Å². The summed E-state index contributed by atoms with van der Waals surface area (Å²) in [5, 5.41) is 0. The average molecular weight is 254 g/mol. The maximum atomic E-state index is 12.6. The number of hydrogen-bond acceptors (Lipinski definition) is 3. The summed E-state index contributed by atoms with van der Waals surface area (Å²) in [6.07, 6.45) is 0.178. The molecule has 18 heavy (non-hydrogen) atoms. The molecule has 100 valence electrons. The van der Waals surface area contributed by atoms with Crippen LogP contribution in [0.2, 0.25) is 0 Å². The van der Waals surface area contributed by atoms with E-state index in [4.69, 9.17) is 4.74 Å². The molecule has 0 unspecified atom stereocenters. The number of amides is 1. The average Bonchev–Trinajstić information content (AvgIpc) is 2.24. The van der Waals surface area contributed by atoms with E-state index in [0.717, 1.165) is 5.56 Å². The van der Waals surface area contributed by atoms with Gasteiger partial charge in [0.05, 0.1) is 0 Å². The number of carbonyl (C=O) groups is 1. The van der Waals surface area contributed by atoms with E-state index in [1.54, 1.807) is 32.9 Å². The number of rotatable bonds is 4. The fourth-order valence-electron chi connectivity index (χ4n) is 1.30. The molecule has 0 heterocycles. The van der Waals surface area contributed by atoms with Crippen LogP contribution in [0, 0.1) is 5.82 Å². The summed E-state index contributed by atoms with van der Waals surface area (Å²) in [5.41, 5.74) is 5.67. The quantitative estimate of drug-likeness (QED) is 0.640. The van der Waals surface area contributed by atoms with E-state index in [2.05, 4.69) is 10.9 Å². The van der Waals surface area contributed by atoms with E-state index in [-0.39, 0.29) is 5.82 Å². The number of hydrogen-bond donors (Lipinski definition) is 2. The molecule has 0 atom stereocenters. The highest BCUT2D eigenvalue weighted by Gasteiger charge is 2.15. The van der Waals surface area contributed by atoms with Gasteiger partial charge in [-0.05, 0) is 44.9 Å². The Balaban J connectivity index is 2.19. The number of hydrazine groups is 1. The van der Waals surface area contributed by atoms with Crippen molar-refractivity contribution >= 4 is 6.09 Å². The summed E-state index contributed by atoms with van der Waals surface area (Å²) < 4.78 is 17.7. The van der Waals surface area contributed by atoms with Gasteiger partial charge < -0.3 is 4.74 Å². The SMILES string of the molecule is CC(C)(C)OC(=O)NNCCc1ccc(F)cc1. The number of benzene rings is 1. The molecule has 1 aromatic carbocycles. The van der Waals surface area contributed by atoms with Crippen LogP contribution >= 0.6 is 0 Å². The summed E-state index contributed by atoms with van der Waals surface area (Å²) in [7, 11) is 0. The Morgan fingerprint density at radius 1 is 1.28 bits per heavy atom. The minimum Gasteiger partial charge on any atom is -0.443 e. The maximum Gasteiger partial charge on any atom is 0.422 e. The molecule has 4 nitrogen and oxygen atoms in total. The second-order valence-electron chi connectivity index (χ2n) is 4.93. The summed E-state index contributed by atoms with van der Waals surface area (Å²) in [6.45, 7) is 5.94. The molecule has 1 rings (SSSR count). The third-order valence-corrected chi connectivity index (χ3v) is 2.04. The van der Waals surface area contributed by atoms with Gasteiger partial charge in [-0.25, -0.2) is 14.6 Å². The minimum absolute atomic E-state index is 0.251. The Morgan fingerprint density at radius 2 is 1.89 bits per heavy atom. The lowest BCUT2D eigenvalue weighted by atomic mass is 10.1. The molecule has 5 heteroatoms. The van der Waals surface area contributed by atoms with Gasteiger partial charge in [-0.2, -0.15) is 0 Å². The molecule has 2 N–H and O–H groups in total. The summed E-state index contributed by atoms with van der Waals surface area (Å²) in [5.74, 6) is -0.251. The second-order valence-corrected chi connectivity index (χ2v) is 4.93. The predicted octanol–water partition coefficient (Wildman–Crippen LogP) is 2.40. The number of halogens is 1. The van der Waals surface area contributed by atoms with E-state index < -0.39 is 11.7 Å². The van der Waals surface area contributed by atoms with Crippen molar-refractivity contribution < 1.29 is 13.9 Å². The second kappa shape index (κ2) is 6.35. The Morgan fingerprint density at radius 3 is 2.44 bits per heavy atom. The molecule has 1 aromatic rings. The Labute approximate surface area is 106 Å². The maximum absolute atomic E-state index is 12.6. The Kier molecular flexibility index (Phi) is 5.09. The van der Waals surface area contributed by atoms with Gasteiger partial charge in [0.1, 0.15) is 11.4 Å². The summed E-state index contributed by atoms with van der Waals surface area (Å²) in [4.78, 5) is 11.3. The lowest BCUT2D eigenvalue weighted by molar-refractivity contribution is 0.0499. The van der Waals surface area contributed by atoms with Gasteiger partial charge in [0.15, 0.2) is 0 Å². The number of nitrogens with one attached hydrogen (secondary N) is 2. The number of ether oxygens (including phenoxy) is 1. The molecule has 0 spiro atoms. The topological polar surface area (TPSA) is 50.4 Å². The van der Waals surface area contributed by atoms with Crippen molar-refractivity contribution in [2.75, 3.05) is 6.54 Å². The highest BCUT2D eigenvalue weighted by atomic mass is 19.1. The van der Waals surface area contributed by atoms with Crippen molar-refractivity contribution in [2.45, 2.75) is 32.8 Å². The monoisotopic (exact) mass is 254 g/mol. The van der Waals surface area contributed by atoms with Crippen molar-refractivity contribution in [1.82, 2.24) is 10.9 Å². The molecule has 0 aliphatic heterocycles. The molecule has 0 radical (unpaired) electrons. The van der Waals surface area contributed by atoms with E-state index >= 15 is 0 Å². The molecule has 0 bridgehead atoms. The third kappa shape index (κ3) is 6.20. The molecular weight excluding hydrogens is 235 g/mol. The Bertz CT molecular complexity index is 385. The highest BCUT2D eigenvalue weighted by molar-refractivity contribution is 5.66. The highest BCUT2D eigenvalue weighted by Crippen LogP contribution is 2.06. The minimum atomic E-state index is -0.512. The molecule has 1 amide bonds. The van der Waals surface area contributed by atoms with Crippen LogP contribution < -0.4 is 10.9 Å². The van der Waals surface area contributed by atoms with Gasteiger partial charge in [0.2, 0.25) is 0 Å². The van der Waals surface area contributed by atoms with Crippen LogP contribution in [0.15, 0.2) is 24.3 Å². The smallest absolute Gasteiger partial charge is 0.422 e.